The fourth-order valence-electron chi connectivity index (χ4n) is 2.26. The van der Waals surface area contributed by atoms with Gasteiger partial charge in [-0.2, -0.15) is 0 Å². The number of aliphatic hydroxyl groups is 1. The van der Waals surface area contributed by atoms with Gasteiger partial charge in [-0.15, -0.1) is 0 Å². The molecule has 0 amide bonds. The minimum atomic E-state index is -0.209. The number of aliphatic hydroxyl groups excluding tert-OH is 1. The van der Waals surface area contributed by atoms with Crippen molar-refractivity contribution in [2.75, 3.05) is 0 Å². The molecule has 0 aromatic rings. The zero-order valence-electron chi connectivity index (χ0n) is 7.60. The van der Waals surface area contributed by atoms with Crippen LogP contribution in [-0.2, 0) is 0 Å². The molecule has 3 atom stereocenters. The Morgan fingerprint density at radius 3 is 2.85 bits per heavy atom. The van der Waals surface area contributed by atoms with Gasteiger partial charge in [-0.3, -0.25) is 0 Å². The Morgan fingerprint density at radius 1 is 1.31 bits per heavy atom. The predicted molar refractivity (Wildman–Crippen MR) is 54.1 cm³/mol. The highest BCUT2D eigenvalue weighted by molar-refractivity contribution is 7.97. The Labute approximate surface area is 83.1 Å². The maximum absolute atomic E-state index is 10.0. The van der Waals surface area contributed by atoms with Crippen LogP contribution in [0.5, 0.6) is 0 Å². The SMILES string of the molecule is OC1C2C=CCCC2SN1C1CC1. The van der Waals surface area contributed by atoms with E-state index in [1.807, 2.05) is 11.9 Å². The van der Waals surface area contributed by atoms with E-state index in [1.54, 1.807) is 0 Å². The summed E-state index contributed by atoms with van der Waals surface area (Å²) in [5, 5.41) is 10.7. The number of allylic oxidation sites excluding steroid dienone is 1. The molecular formula is C10H15NOS. The van der Waals surface area contributed by atoms with Crippen LogP contribution >= 0.6 is 11.9 Å². The van der Waals surface area contributed by atoms with Gasteiger partial charge in [-0.05, 0) is 25.7 Å². The van der Waals surface area contributed by atoms with Gasteiger partial charge in [-0.1, -0.05) is 24.1 Å². The van der Waals surface area contributed by atoms with E-state index in [2.05, 4.69) is 16.5 Å². The molecule has 0 spiro atoms. The molecular weight excluding hydrogens is 182 g/mol. The highest BCUT2D eigenvalue weighted by atomic mass is 32.2. The molecule has 2 aliphatic carbocycles. The first-order chi connectivity index (χ1) is 6.36. The molecule has 0 aromatic heterocycles. The van der Waals surface area contributed by atoms with Crippen LogP contribution < -0.4 is 0 Å². The van der Waals surface area contributed by atoms with Crippen LogP contribution in [0.1, 0.15) is 25.7 Å². The lowest BCUT2D eigenvalue weighted by Gasteiger charge is -2.20. The second kappa shape index (κ2) is 3.01. The molecule has 3 heteroatoms. The summed E-state index contributed by atoms with van der Waals surface area (Å²) in [4.78, 5) is 0. The third-order valence-corrected chi connectivity index (χ3v) is 4.75. The molecule has 1 saturated carbocycles. The third-order valence-electron chi connectivity index (χ3n) is 3.17. The average Bonchev–Trinajstić information content (AvgIpc) is 2.94. The van der Waals surface area contributed by atoms with Crippen LogP contribution in [0.3, 0.4) is 0 Å². The standard InChI is InChI=1S/C10H15NOS/c12-10-8-3-1-2-4-9(8)13-11(10)7-5-6-7/h1,3,7-10,12H,2,4-6H2. The molecule has 1 heterocycles. The molecule has 1 saturated heterocycles. The molecule has 2 nitrogen and oxygen atoms in total. The van der Waals surface area contributed by atoms with E-state index in [-0.39, 0.29) is 6.23 Å². The van der Waals surface area contributed by atoms with E-state index in [4.69, 9.17) is 0 Å². The summed E-state index contributed by atoms with van der Waals surface area (Å²) in [7, 11) is 0. The van der Waals surface area contributed by atoms with Gasteiger partial charge in [0.05, 0.1) is 0 Å². The smallest absolute Gasteiger partial charge is 0.124 e. The zero-order chi connectivity index (χ0) is 8.84. The molecule has 72 valence electrons. The maximum atomic E-state index is 10.0. The van der Waals surface area contributed by atoms with Crippen molar-refractivity contribution in [3.05, 3.63) is 12.2 Å². The minimum Gasteiger partial charge on any atom is -0.377 e. The van der Waals surface area contributed by atoms with E-state index in [1.165, 1.54) is 25.7 Å². The molecule has 3 rings (SSSR count). The topological polar surface area (TPSA) is 23.5 Å². The molecule has 2 fully saturated rings. The van der Waals surface area contributed by atoms with E-state index in [9.17, 15) is 5.11 Å². The Balaban J connectivity index is 1.79. The Bertz CT molecular complexity index is 239. The van der Waals surface area contributed by atoms with Crippen LogP contribution in [0.15, 0.2) is 12.2 Å². The van der Waals surface area contributed by atoms with Gasteiger partial charge < -0.3 is 5.11 Å². The Hall–Kier alpha value is 0.01000. The molecule has 1 aliphatic heterocycles. The van der Waals surface area contributed by atoms with E-state index in [0.717, 1.165) is 0 Å². The van der Waals surface area contributed by atoms with Crippen molar-refractivity contribution < 1.29 is 5.11 Å². The van der Waals surface area contributed by atoms with Gasteiger partial charge in [0, 0.05) is 17.2 Å². The monoisotopic (exact) mass is 197 g/mol. The van der Waals surface area contributed by atoms with Crippen molar-refractivity contribution in [2.24, 2.45) is 5.92 Å². The van der Waals surface area contributed by atoms with Crippen LogP contribution in [0.25, 0.3) is 0 Å². The summed E-state index contributed by atoms with van der Waals surface area (Å²) in [5.74, 6) is 0.402. The number of nitrogens with zero attached hydrogens (tertiary/aromatic N) is 1. The van der Waals surface area contributed by atoms with Crippen molar-refractivity contribution in [1.29, 1.82) is 0 Å². The highest BCUT2D eigenvalue weighted by Crippen LogP contribution is 2.48. The second-order valence-electron chi connectivity index (χ2n) is 4.23. The zero-order valence-corrected chi connectivity index (χ0v) is 8.41. The first-order valence-corrected chi connectivity index (χ1v) is 6.00. The van der Waals surface area contributed by atoms with Crippen LogP contribution in [0.2, 0.25) is 0 Å². The molecule has 0 aromatic carbocycles. The maximum Gasteiger partial charge on any atom is 0.124 e. The van der Waals surface area contributed by atoms with Crippen LogP contribution in [-0.4, -0.2) is 26.9 Å². The summed E-state index contributed by atoms with van der Waals surface area (Å²) >= 11 is 1.91. The van der Waals surface area contributed by atoms with Gasteiger partial charge in [0.25, 0.3) is 0 Å². The second-order valence-corrected chi connectivity index (χ2v) is 5.47. The lowest BCUT2D eigenvalue weighted by atomic mass is 9.94. The lowest BCUT2D eigenvalue weighted by Crippen LogP contribution is -2.31. The molecule has 0 bridgehead atoms. The first kappa shape index (κ1) is 8.33. The summed E-state index contributed by atoms with van der Waals surface area (Å²) < 4.78 is 2.24. The quantitative estimate of drug-likeness (QED) is 0.512. The first-order valence-electron chi connectivity index (χ1n) is 5.16. The molecule has 3 aliphatic rings. The van der Waals surface area contributed by atoms with E-state index < -0.39 is 0 Å². The van der Waals surface area contributed by atoms with Gasteiger partial charge >= 0.3 is 0 Å². The van der Waals surface area contributed by atoms with Gasteiger partial charge in [0.2, 0.25) is 0 Å². The van der Waals surface area contributed by atoms with Crippen molar-refractivity contribution >= 4 is 11.9 Å². The summed E-state index contributed by atoms with van der Waals surface area (Å²) in [6, 6.07) is 0.680. The highest BCUT2D eigenvalue weighted by Gasteiger charge is 2.46. The predicted octanol–water partition coefficient (Wildman–Crippen LogP) is 1.77. The number of hydrogen-bond donors (Lipinski definition) is 1. The average molecular weight is 197 g/mol. The number of fused-ring (bicyclic) bond motifs is 1. The van der Waals surface area contributed by atoms with Crippen molar-refractivity contribution in [2.45, 2.75) is 43.2 Å². The summed E-state index contributed by atoms with van der Waals surface area (Å²) in [5.41, 5.74) is 0. The lowest BCUT2D eigenvalue weighted by molar-refractivity contribution is 0.0433. The van der Waals surface area contributed by atoms with Crippen molar-refractivity contribution in [1.82, 2.24) is 4.31 Å². The third kappa shape index (κ3) is 1.34. The fourth-order valence-corrected chi connectivity index (χ4v) is 3.84. The van der Waals surface area contributed by atoms with Gasteiger partial charge in [-0.25, -0.2) is 4.31 Å². The van der Waals surface area contributed by atoms with Crippen LogP contribution in [0.4, 0.5) is 0 Å². The van der Waals surface area contributed by atoms with Crippen molar-refractivity contribution in [3.8, 4) is 0 Å². The van der Waals surface area contributed by atoms with Gasteiger partial charge in [0.1, 0.15) is 6.23 Å². The van der Waals surface area contributed by atoms with Crippen LogP contribution in [0, 0.1) is 5.92 Å². The Morgan fingerprint density at radius 2 is 2.15 bits per heavy atom. The molecule has 0 radical (unpaired) electrons. The summed E-state index contributed by atoms with van der Waals surface area (Å²) in [6.07, 6.45) is 9.24. The van der Waals surface area contributed by atoms with E-state index in [0.29, 0.717) is 17.2 Å². The summed E-state index contributed by atoms with van der Waals surface area (Å²) in [6.45, 7) is 0. The Kier molecular flexibility index (Phi) is 1.93. The fraction of sp³-hybridized carbons (Fsp3) is 0.800. The normalized spacial score (nSPS) is 45.2. The number of rotatable bonds is 1. The minimum absolute atomic E-state index is 0.209. The molecule has 3 unspecified atom stereocenters. The molecule has 13 heavy (non-hydrogen) atoms. The van der Waals surface area contributed by atoms with Gasteiger partial charge in [0.15, 0.2) is 0 Å². The molecule has 1 N–H and O–H groups in total. The number of hydrogen-bond acceptors (Lipinski definition) is 3. The largest absolute Gasteiger partial charge is 0.377 e. The van der Waals surface area contributed by atoms with E-state index >= 15 is 0 Å². The van der Waals surface area contributed by atoms with Crippen molar-refractivity contribution in [3.63, 3.8) is 0 Å².